The van der Waals surface area contributed by atoms with Crippen LogP contribution in [0.3, 0.4) is 0 Å². The van der Waals surface area contributed by atoms with E-state index in [0.29, 0.717) is 6.42 Å². The normalized spacial score (nSPS) is 19.8. The average molecular weight is 302 g/mol. The van der Waals surface area contributed by atoms with Crippen molar-refractivity contribution in [2.75, 3.05) is 5.75 Å². The SMILES string of the molecule is CCCCSC(C)C1(CCC)C(=O)NC(=S)NC1=O. The van der Waals surface area contributed by atoms with Gasteiger partial charge in [-0.15, -0.1) is 0 Å². The Morgan fingerprint density at radius 2 is 1.79 bits per heavy atom. The summed E-state index contributed by atoms with van der Waals surface area (Å²) < 4.78 is 0. The fourth-order valence-corrected chi connectivity index (χ4v) is 3.91. The quantitative estimate of drug-likeness (QED) is 0.430. The molecule has 1 rings (SSSR count). The number of carbonyl (C=O) groups excluding carboxylic acids is 2. The van der Waals surface area contributed by atoms with Gasteiger partial charge >= 0.3 is 0 Å². The highest BCUT2D eigenvalue weighted by Gasteiger charge is 2.52. The summed E-state index contributed by atoms with van der Waals surface area (Å²) in [6.07, 6.45) is 3.54. The molecule has 0 aromatic rings. The van der Waals surface area contributed by atoms with Gasteiger partial charge in [0.2, 0.25) is 11.8 Å². The lowest BCUT2D eigenvalue weighted by Crippen LogP contribution is -2.65. The lowest BCUT2D eigenvalue weighted by molar-refractivity contribution is -0.143. The van der Waals surface area contributed by atoms with Gasteiger partial charge in [0.1, 0.15) is 5.41 Å². The number of carbonyl (C=O) groups is 2. The van der Waals surface area contributed by atoms with Crippen LogP contribution in [0.25, 0.3) is 0 Å². The number of amides is 2. The molecular formula is C13H22N2O2S2. The number of hydrogen-bond acceptors (Lipinski definition) is 4. The molecule has 2 amide bonds. The maximum absolute atomic E-state index is 12.3. The molecule has 1 saturated heterocycles. The van der Waals surface area contributed by atoms with Crippen LogP contribution in [0.2, 0.25) is 0 Å². The Morgan fingerprint density at radius 1 is 1.21 bits per heavy atom. The molecule has 0 aromatic heterocycles. The molecular weight excluding hydrogens is 280 g/mol. The third-order valence-electron chi connectivity index (χ3n) is 3.47. The van der Waals surface area contributed by atoms with Gasteiger partial charge in [0, 0.05) is 5.25 Å². The molecule has 4 nitrogen and oxygen atoms in total. The first-order chi connectivity index (χ1) is 8.98. The molecule has 1 atom stereocenters. The molecule has 0 aromatic carbocycles. The standard InChI is InChI=1S/C13H22N2O2S2/c1-4-6-8-19-9(3)13(7-5-2)10(16)14-12(18)15-11(13)17/h9H,4-8H2,1-3H3,(H2,14,15,16,17,18). The maximum Gasteiger partial charge on any atom is 0.242 e. The van der Waals surface area contributed by atoms with Crippen LogP contribution in [0.4, 0.5) is 0 Å². The second-order valence-corrected chi connectivity index (χ2v) is 6.68. The molecule has 0 spiro atoms. The highest BCUT2D eigenvalue weighted by atomic mass is 32.2. The van der Waals surface area contributed by atoms with Crippen molar-refractivity contribution in [2.24, 2.45) is 5.41 Å². The van der Waals surface area contributed by atoms with Gasteiger partial charge in [-0.1, -0.05) is 33.6 Å². The Hall–Kier alpha value is -0.620. The second-order valence-electron chi connectivity index (χ2n) is 4.83. The number of nitrogens with one attached hydrogen (secondary N) is 2. The largest absolute Gasteiger partial charge is 0.302 e. The van der Waals surface area contributed by atoms with E-state index in [1.807, 2.05) is 13.8 Å². The Morgan fingerprint density at radius 3 is 2.26 bits per heavy atom. The average Bonchev–Trinajstić information content (AvgIpc) is 2.34. The van der Waals surface area contributed by atoms with Crippen molar-refractivity contribution in [2.45, 2.75) is 51.7 Å². The fourth-order valence-electron chi connectivity index (χ4n) is 2.30. The van der Waals surface area contributed by atoms with Crippen LogP contribution in [0.15, 0.2) is 0 Å². The van der Waals surface area contributed by atoms with Gasteiger partial charge in [-0.3, -0.25) is 9.59 Å². The monoisotopic (exact) mass is 302 g/mol. The van der Waals surface area contributed by atoms with Gasteiger partial charge in [-0.05, 0) is 30.8 Å². The summed E-state index contributed by atoms with van der Waals surface area (Å²) in [5.41, 5.74) is -0.991. The minimum Gasteiger partial charge on any atom is -0.302 e. The van der Waals surface area contributed by atoms with Crippen LogP contribution in [0.1, 0.15) is 46.5 Å². The van der Waals surface area contributed by atoms with E-state index in [2.05, 4.69) is 17.6 Å². The van der Waals surface area contributed by atoms with E-state index in [0.717, 1.165) is 25.0 Å². The van der Waals surface area contributed by atoms with E-state index in [-0.39, 0.29) is 22.2 Å². The van der Waals surface area contributed by atoms with Crippen molar-refractivity contribution in [3.63, 3.8) is 0 Å². The van der Waals surface area contributed by atoms with Gasteiger partial charge in [-0.25, -0.2) is 0 Å². The molecule has 19 heavy (non-hydrogen) atoms. The number of thiocarbonyl (C=S) groups is 1. The van der Waals surface area contributed by atoms with Crippen molar-refractivity contribution in [3.05, 3.63) is 0 Å². The predicted molar refractivity (Wildman–Crippen MR) is 83.1 cm³/mol. The number of thioether (sulfide) groups is 1. The van der Waals surface area contributed by atoms with E-state index in [4.69, 9.17) is 12.2 Å². The predicted octanol–water partition coefficient (Wildman–Crippen LogP) is 2.23. The van der Waals surface area contributed by atoms with Gasteiger partial charge in [0.05, 0.1) is 0 Å². The van der Waals surface area contributed by atoms with Crippen LogP contribution < -0.4 is 10.6 Å². The zero-order chi connectivity index (χ0) is 14.5. The third kappa shape index (κ3) is 3.48. The molecule has 0 bridgehead atoms. The van der Waals surface area contributed by atoms with E-state index >= 15 is 0 Å². The number of unbranched alkanes of at least 4 members (excludes halogenated alkanes) is 1. The first-order valence-corrected chi connectivity index (χ1v) is 8.23. The van der Waals surface area contributed by atoms with Crippen molar-refractivity contribution in [1.82, 2.24) is 10.6 Å². The molecule has 1 unspecified atom stereocenters. The van der Waals surface area contributed by atoms with Crippen LogP contribution in [0.5, 0.6) is 0 Å². The maximum atomic E-state index is 12.3. The van der Waals surface area contributed by atoms with E-state index in [1.54, 1.807) is 11.8 Å². The molecule has 108 valence electrons. The summed E-state index contributed by atoms with van der Waals surface area (Å²) in [6, 6.07) is 0. The smallest absolute Gasteiger partial charge is 0.242 e. The lowest BCUT2D eigenvalue weighted by Gasteiger charge is -2.39. The molecule has 1 fully saturated rings. The van der Waals surface area contributed by atoms with Crippen molar-refractivity contribution in [1.29, 1.82) is 0 Å². The summed E-state index contributed by atoms with van der Waals surface area (Å²) >= 11 is 6.56. The van der Waals surface area contributed by atoms with Gasteiger partial charge in [0.25, 0.3) is 0 Å². The van der Waals surface area contributed by atoms with E-state index in [9.17, 15) is 9.59 Å². The number of rotatable bonds is 7. The Bertz CT molecular complexity index is 352. The summed E-state index contributed by atoms with van der Waals surface area (Å²) in [4.78, 5) is 24.7. The van der Waals surface area contributed by atoms with Crippen molar-refractivity contribution >= 4 is 40.9 Å². The molecule has 1 heterocycles. The van der Waals surface area contributed by atoms with E-state index in [1.165, 1.54) is 0 Å². The summed E-state index contributed by atoms with van der Waals surface area (Å²) in [5, 5.41) is 5.27. The van der Waals surface area contributed by atoms with Gasteiger partial charge < -0.3 is 10.6 Å². The fraction of sp³-hybridized carbons (Fsp3) is 0.769. The minimum atomic E-state index is -0.991. The van der Waals surface area contributed by atoms with Gasteiger partial charge in [-0.2, -0.15) is 11.8 Å². The van der Waals surface area contributed by atoms with Crippen LogP contribution in [-0.2, 0) is 9.59 Å². The summed E-state index contributed by atoms with van der Waals surface area (Å²) in [6.45, 7) is 6.08. The number of hydrogen-bond donors (Lipinski definition) is 2. The minimum absolute atomic E-state index is 0.0536. The third-order valence-corrected chi connectivity index (χ3v) is 5.10. The van der Waals surface area contributed by atoms with Crippen LogP contribution in [-0.4, -0.2) is 27.9 Å². The molecule has 0 radical (unpaired) electrons. The van der Waals surface area contributed by atoms with Crippen LogP contribution in [0, 0.1) is 5.41 Å². The van der Waals surface area contributed by atoms with E-state index < -0.39 is 5.41 Å². The Kier molecular flexibility index (Phi) is 6.26. The second kappa shape index (κ2) is 7.24. The molecule has 2 N–H and O–H groups in total. The van der Waals surface area contributed by atoms with Gasteiger partial charge in [0.15, 0.2) is 5.11 Å². The first-order valence-electron chi connectivity index (χ1n) is 6.77. The Balaban J connectivity index is 2.91. The first kappa shape index (κ1) is 16.4. The zero-order valence-corrected chi connectivity index (χ0v) is 13.4. The summed E-state index contributed by atoms with van der Waals surface area (Å²) in [5.74, 6) is 0.466. The zero-order valence-electron chi connectivity index (χ0n) is 11.7. The van der Waals surface area contributed by atoms with Crippen LogP contribution >= 0.6 is 24.0 Å². The van der Waals surface area contributed by atoms with Crippen molar-refractivity contribution in [3.8, 4) is 0 Å². The van der Waals surface area contributed by atoms with Crippen molar-refractivity contribution < 1.29 is 9.59 Å². The molecule has 0 aliphatic carbocycles. The lowest BCUT2D eigenvalue weighted by atomic mass is 9.77. The Labute approximate surface area is 124 Å². The summed E-state index contributed by atoms with van der Waals surface area (Å²) in [7, 11) is 0. The molecule has 1 aliphatic heterocycles. The molecule has 6 heteroatoms. The topological polar surface area (TPSA) is 58.2 Å². The molecule has 0 saturated carbocycles. The highest BCUT2D eigenvalue weighted by Crippen LogP contribution is 2.38. The highest BCUT2D eigenvalue weighted by molar-refractivity contribution is 8.00. The molecule has 1 aliphatic rings.